The van der Waals surface area contributed by atoms with Crippen LogP contribution in [0.2, 0.25) is 0 Å². The summed E-state index contributed by atoms with van der Waals surface area (Å²) in [5.74, 6) is 0. The molecule has 2 heterocycles. The standard InChI is InChI=1S/C24H27N5O2P2/c1-26-23(30)27(2)33(26,28(3)24(31)29(33)4)25-32(20-14-8-5-9-15-20,21-16-10-6-11-17-21)22-18-12-7-13-19-22/h5-19H,1-4H3. The van der Waals surface area contributed by atoms with Gasteiger partial charge in [0.2, 0.25) is 0 Å². The predicted octanol–water partition coefficient (Wildman–Crippen LogP) is 4.29. The third-order valence-corrected chi connectivity index (χ3v) is 17.4. The van der Waals surface area contributed by atoms with E-state index in [2.05, 4.69) is 36.4 Å². The normalized spacial score (nSPS) is 20.1. The average Bonchev–Trinajstić information content (AvgIpc) is 2.89. The Balaban J connectivity index is 2.00. The Kier molecular flexibility index (Phi) is 4.72. The molecule has 5 rings (SSSR count). The van der Waals surface area contributed by atoms with Crippen LogP contribution in [-0.2, 0) is 0 Å². The number of hydrogen-bond donors (Lipinski definition) is 0. The molecule has 2 aliphatic rings. The van der Waals surface area contributed by atoms with Gasteiger partial charge in [0.05, 0.1) is 0 Å². The molecule has 0 bridgehead atoms. The van der Waals surface area contributed by atoms with Crippen molar-refractivity contribution in [3.63, 3.8) is 0 Å². The van der Waals surface area contributed by atoms with E-state index in [1.54, 1.807) is 46.9 Å². The first-order chi connectivity index (χ1) is 15.8. The Morgan fingerprint density at radius 3 is 1.09 bits per heavy atom. The number of urea groups is 2. The first-order valence-corrected chi connectivity index (χ1v) is 14.4. The van der Waals surface area contributed by atoms with Gasteiger partial charge in [-0.3, -0.25) is 0 Å². The fourth-order valence-corrected chi connectivity index (χ4v) is 16.9. The summed E-state index contributed by atoms with van der Waals surface area (Å²) in [6, 6.07) is 30.5. The van der Waals surface area contributed by atoms with E-state index < -0.39 is 14.4 Å². The van der Waals surface area contributed by atoms with E-state index in [9.17, 15) is 9.59 Å². The summed E-state index contributed by atoms with van der Waals surface area (Å²) in [6.07, 6.45) is 0. The van der Waals surface area contributed by atoms with Crippen LogP contribution in [0.1, 0.15) is 0 Å². The number of hydrogen-bond acceptors (Lipinski definition) is 3. The Hall–Kier alpha value is -3.14. The predicted molar refractivity (Wildman–Crippen MR) is 136 cm³/mol. The van der Waals surface area contributed by atoms with Crippen molar-refractivity contribution >= 4 is 42.4 Å². The SMILES string of the molecule is CN1C(=O)N(C)P12(N=P(c1ccccc1)(c1ccccc1)c1ccccc1)N(C)C(=O)N2C. The second-order valence-corrected chi connectivity index (χ2v) is 16.0. The first kappa shape index (κ1) is 21.7. The summed E-state index contributed by atoms with van der Waals surface area (Å²) in [5, 5.41) is 3.22. The van der Waals surface area contributed by atoms with Crippen molar-refractivity contribution in [2.75, 3.05) is 28.2 Å². The molecule has 3 aromatic carbocycles. The van der Waals surface area contributed by atoms with Gasteiger partial charge in [0.25, 0.3) is 0 Å². The van der Waals surface area contributed by atoms with E-state index in [1.807, 2.05) is 54.6 Å². The molecular weight excluding hydrogens is 452 g/mol. The molecule has 0 N–H and O–H groups in total. The molecule has 0 aliphatic carbocycles. The monoisotopic (exact) mass is 479 g/mol. The van der Waals surface area contributed by atoms with Crippen LogP contribution in [-0.4, -0.2) is 58.9 Å². The maximum atomic E-state index is 12.9. The minimum atomic E-state index is -3.77. The third-order valence-electron chi connectivity index (χ3n) is 6.94. The summed E-state index contributed by atoms with van der Waals surface area (Å²) >= 11 is 0. The van der Waals surface area contributed by atoms with Gasteiger partial charge in [-0.25, -0.2) is 0 Å². The van der Waals surface area contributed by atoms with Gasteiger partial charge in [-0.15, -0.1) is 0 Å². The van der Waals surface area contributed by atoms with Gasteiger partial charge in [-0.1, -0.05) is 0 Å². The van der Waals surface area contributed by atoms with Crippen molar-refractivity contribution in [3.05, 3.63) is 91.0 Å². The van der Waals surface area contributed by atoms with E-state index >= 15 is 0 Å². The van der Waals surface area contributed by atoms with Crippen molar-refractivity contribution in [1.29, 1.82) is 0 Å². The Labute approximate surface area is 194 Å². The van der Waals surface area contributed by atoms with Gasteiger partial charge in [0.1, 0.15) is 0 Å². The Morgan fingerprint density at radius 2 is 0.818 bits per heavy atom. The minimum absolute atomic E-state index is 0.144. The molecule has 0 unspecified atom stereocenters. The third kappa shape index (κ3) is 2.36. The summed E-state index contributed by atoms with van der Waals surface area (Å²) in [4.78, 5) is 25.9. The molecule has 9 heteroatoms. The summed E-state index contributed by atoms with van der Waals surface area (Å²) in [5.41, 5.74) is 0. The Morgan fingerprint density at radius 1 is 0.545 bits per heavy atom. The molecule has 33 heavy (non-hydrogen) atoms. The first-order valence-electron chi connectivity index (χ1n) is 10.7. The van der Waals surface area contributed by atoms with Gasteiger partial charge in [-0.2, -0.15) is 0 Å². The van der Waals surface area contributed by atoms with Crippen LogP contribution in [0, 0.1) is 0 Å². The van der Waals surface area contributed by atoms with Crippen molar-refractivity contribution < 1.29 is 9.59 Å². The zero-order valence-corrected chi connectivity index (χ0v) is 20.9. The van der Waals surface area contributed by atoms with Crippen LogP contribution in [0.4, 0.5) is 9.59 Å². The summed E-state index contributed by atoms with van der Waals surface area (Å²) < 4.78 is 12.6. The van der Waals surface area contributed by atoms with E-state index in [0.717, 1.165) is 15.9 Å². The molecule has 2 aliphatic heterocycles. The van der Waals surface area contributed by atoms with Gasteiger partial charge < -0.3 is 0 Å². The van der Waals surface area contributed by atoms with Gasteiger partial charge in [0.15, 0.2) is 0 Å². The van der Waals surface area contributed by atoms with Crippen LogP contribution in [0.5, 0.6) is 0 Å². The van der Waals surface area contributed by atoms with E-state index in [4.69, 9.17) is 4.52 Å². The number of amides is 4. The van der Waals surface area contributed by atoms with Crippen molar-refractivity contribution in [1.82, 2.24) is 18.7 Å². The number of carbonyl (C=O) groups is 2. The second kappa shape index (κ2) is 7.18. The molecular formula is C24H27N5O2P2. The number of nitrogens with zero attached hydrogens (tertiary/aromatic N) is 5. The van der Waals surface area contributed by atoms with Gasteiger partial charge in [-0.05, 0) is 0 Å². The fourth-order valence-electron chi connectivity index (χ4n) is 5.18. The molecule has 2 fully saturated rings. The van der Waals surface area contributed by atoms with E-state index in [-0.39, 0.29) is 12.1 Å². The molecule has 0 saturated carbocycles. The van der Waals surface area contributed by atoms with E-state index in [0.29, 0.717) is 0 Å². The zero-order chi connectivity index (χ0) is 23.5. The second-order valence-electron chi connectivity index (χ2n) is 8.29. The van der Waals surface area contributed by atoms with Crippen molar-refractivity contribution in [2.24, 2.45) is 4.52 Å². The molecule has 0 atom stereocenters. The van der Waals surface area contributed by atoms with Crippen LogP contribution in [0.3, 0.4) is 0 Å². The van der Waals surface area contributed by atoms with Crippen LogP contribution in [0.15, 0.2) is 95.5 Å². The molecule has 2 saturated heterocycles. The van der Waals surface area contributed by atoms with Crippen LogP contribution < -0.4 is 15.9 Å². The molecule has 0 aromatic heterocycles. The van der Waals surface area contributed by atoms with Crippen molar-refractivity contribution in [2.45, 2.75) is 0 Å². The Bertz CT molecular complexity index is 1130. The van der Waals surface area contributed by atoms with Crippen LogP contribution >= 0.6 is 14.4 Å². The summed E-state index contributed by atoms with van der Waals surface area (Å²) in [7, 11) is 0.621. The maximum absolute atomic E-state index is 12.9. The zero-order valence-electron chi connectivity index (χ0n) is 19.1. The molecule has 7 nitrogen and oxygen atoms in total. The van der Waals surface area contributed by atoms with Gasteiger partial charge >= 0.3 is 194 Å². The van der Waals surface area contributed by atoms with Gasteiger partial charge in [0, 0.05) is 0 Å². The number of benzene rings is 3. The fraction of sp³-hybridized carbons (Fsp3) is 0.167. The molecule has 3 aromatic rings. The van der Waals surface area contributed by atoms with Crippen molar-refractivity contribution in [3.8, 4) is 0 Å². The summed E-state index contributed by atoms with van der Waals surface area (Å²) in [6.45, 7) is 0. The molecule has 0 radical (unpaired) electrons. The molecule has 170 valence electrons. The topological polar surface area (TPSA) is 59.5 Å². The number of rotatable bonds is 4. The average molecular weight is 479 g/mol. The number of carbonyl (C=O) groups excluding carboxylic acids is 2. The molecule has 1 spiro atoms. The van der Waals surface area contributed by atoms with E-state index in [1.165, 1.54) is 0 Å². The van der Waals surface area contributed by atoms with Crippen LogP contribution in [0.25, 0.3) is 0 Å². The quantitative estimate of drug-likeness (QED) is 0.525. The molecule has 4 amide bonds.